The number of rotatable bonds is 14. The topological polar surface area (TPSA) is 21.3 Å². The third kappa shape index (κ3) is 11.0. The molecule has 0 saturated heterocycles. The summed E-state index contributed by atoms with van der Waals surface area (Å²) in [5, 5.41) is 3.51. The van der Waals surface area contributed by atoms with Gasteiger partial charge in [-0.05, 0) is 44.7 Å². The van der Waals surface area contributed by atoms with Crippen molar-refractivity contribution >= 4 is 0 Å². The Morgan fingerprint density at radius 2 is 1.56 bits per heavy atom. The van der Waals surface area contributed by atoms with Crippen LogP contribution in [0.3, 0.4) is 0 Å². The molecular formula is C16H33NO. The van der Waals surface area contributed by atoms with E-state index in [0.29, 0.717) is 0 Å². The second-order valence-electron chi connectivity index (χ2n) is 5.74. The SMILES string of the molecule is CCCCCCCCCNCCCOCC1CC1. The Morgan fingerprint density at radius 1 is 0.889 bits per heavy atom. The predicted molar refractivity (Wildman–Crippen MR) is 79.0 cm³/mol. The van der Waals surface area contributed by atoms with Crippen LogP contribution >= 0.6 is 0 Å². The van der Waals surface area contributed by atoms with E-state index in [0.717, 1.165) is 25.7 Å². The zero-order valence-electron chi connectivity index (χ0n) is 12.4. The number of hydrogen-bond donors (Lipinski definition) is 1. The predicted octanol–water partition coefficient (Wildman–Crippen LogP) is 4.14. The van der Waals surface area contributed by atoms with Gasteiger partial charge >= 0.3 is 0 Å². The number of unbranched alkanes of at least 4 members (excludes halogenated alkanes) is 6. The first-order valence-electron chi connectivity index (χ1n) is 8.22. The van der Waals surface area contributed by atoms with Crippen molar-refractivity contribution in [1.82, 2.24) is 5.32 Å². The third-order valence-electron chi connectivity index (χ3n) is 3.65. The molecule has 0 aromatic carbocycles. The molecule has 1 aliphatic carbocycles. The zero-order chi connectivity index (χ0) is 12.9. The van der Waals surface area contributed by atoms with Crippen molar-refractivity contribution in [2.24, 2.45) is 5.92 Å². The number of nitrogens with one attached hydrogen (secondary N) is 1. The molecule has 0 bridgehead atoms. The van der Waals surface area contributed by atoms with Crippen molar-refractivity contribution in [1.29, 1.82) is 0 Å². The van der Waals surface area contributed by atoms with Crippen LogP contribution in [-0.2, 0) is 4.74 Å². The molecule has 0 aromatic rings. The fourth-order valence-electron chi connectivity index (χ4n) is 2.17. The van der Waals surface area contributed by atoms with E-state index >= 15 is 0 Å². The maximum Gasteiger partial charge on any atom is 0.0494 e. The highest BCUT2D eigenvalue weighted by Crippen LogP contribution is 2.28. The van der Waals surface area contributed by atoms with Crippen molar-refractivity contribution in [2.75, 3.05) is 26.3 Å². The molecule has 1 rings (SSSR count). The number of hydrogen-bond acceptors (Lipinski definition) is 2. The quantitative estimate of drug-likeness (QED) is 0.471. The van der Waals surface area contributed by atoms with Crippen molar-refractivity contribution in [2.45, 2.75) is 71.1 Å². The molecule has 1 fully saturated rings. The van der Waals surface area contributed by atoms with E-state index in [9.17, 15) is 0 Å². The molecule has 0 aliphatic heterocycles. The Balaban J connectivity index is 1.60. The highest BCUT2D eigenvalue weighted by Gasteiger charge is 2.20. The fraction of sp³-hybridized carbons (Fsp3) is 1.00. The van der Waals surface area contributed by atoms with Crippen LogP contribution in [0.15, 0.2) is 0 Å². The molecule has 1 saturated carbocycles. The van der Waals surface area contributed by atoms with Gasteiger partial charge in [-0.2, -0.15) is 0 Å². The van der Waals surface area contributed by atoms with E-state index in [-0.39, 0.29) is 0 Å². The van der Waals surface area contributed by atoms with Gasteiger partial charge in [-0.15, -0.1) is 0 Å². The van der Waals surface area contributed by atoms with Gasteiger partial charge in [0, 0.05) is 13.2 Å². The molecule has 18 heavy (non-hydrogen) atoms. The van der Waals surface area contributed by atoms with Gasteiger partial charge in [-0.3, -0.25) is 0 Å². The fourth-order valence-corrected chi connectivity index (χ4v) is 2.17. The molecule has 2 nitrogen and oxygen atoms in total. The second kappa shape index (κ2) is 12.0. The summed E-state index contributed by atoms with van der Waals surface area (Å²) in [6.07, 6.45) is 13.8. The Bertz CT molecular complexity index is 168. The third-order valence-corrected chi connectivity index (χ3v) is 3.65. The van der Waals surface area contributed by atoms with Crippen LogP contribution < -0.4 is 5.32 Å². The summed E-state index contributed by atoms with van der Waals surface area (Å²) >= 11 is 0. The molecule has 0 unspecified atom stereocenters. The Kier molecular flexibility index (Phi) is 10.6. The molecular weight excluding hydrogens is 222 g/mol. The van der Waals surface area contributed by atoms with E-state index in [1.54, 1.807) is 0 Å². The van der Waals surface area contributed by atoms with Gasteiger partial charge in [0.15, 0.2) is 0 Å². The normalized spacial score (nSPS) is 15.2. The lowest BCUT2D eigenvalue weighted by Crippen LogP contribution is -2.18. The average molecular weight is 255 g/mol. The van der Waals surface area contributed by atoms with Crippen molar-refractivity contribution in [3.8, 4) is 0 Å². The van der Waals surface area contributed by atoms with Crippen molar-refractivity contribution in [3.63, 3.8) is 0 Å². The Hall–Kier alpha value is -0.0800. The molecule has 0 heterocycles. The highest BCUT2D eigenvalue weighted by atomic mass is 16.5. The van der Waals surface area contributed by atoms with Crippen LogP contribution in [0.1, 0.15) is 71.1 Å². The monoisotopic (exact) mass is 255 g/mol. The summed E-state index contributed by atoms with van der Waals surface area (Å²) in [5.74, 6) is 0.908. The minimum atomic E-state index is 0.908. The van der Waals surface area contributed by atoms with E-state index < -0.39 is 0 Å². The van der Waals surface area contributed by atoms with Gasteiger partial charge in [0.2, 0.25) is 0 Å². The summed E-state index contributed by atoms with van der Waals surface area (Å²) in [6, 6.07) is 0. The summed E-state index contributed by atoms with van der Waals surface area (Å²) in [4.78, 5) is 0. The molecule has 0 aromatic heterocycles. The van der Waals surface area contributed by atoms with Gasteiger partial charge in [-0.25, -0.2) is 0 Å². The molecule has 1 N–H and O–H groups in total. The molecule has 0 amide bonds. The van der Waals surface area contributed by atoms with E-state index in [4.69, 9.17) is 4.74 Å². The van der Waals surface area contributed by atoms with Crippen LogP contribution in [0.4, 0.5) is 0 Å². The summed E-state index contributed by atoms with van der Waals surface area (Å²) < 4.78 is 5.60. The van der Waals surface area contributed by atoms with E-state index in [1.807, 2.05) is 0 Å². The standard InChI is InChI=1S/C16H33NO/c1-2-3-4-5-6-7-8-12-17-13-9-14-18-15-16-10-11-16/h16-17H,2-15H2,1H3. The minimum absolute atomic E-state index is 0.908. The highest BCUT2D eigenvalue weighted by molar-refractivity contribution is 4.71. The molecule has 2 heteroatoms. The lowest BCUT2D eigenvalue weighted by Gasteiger charge is -2.05. The van der Waals surface area contributed by atoms with Gasteiger partial charge in [0.1, 0.15) is 0 Å². The molecule has 1 aliphatic rings. The first-order chi connectivity index (χ1) is 8.93. The van der Waals surface area contributed by atoms with Crippen LogP contribution in [-0.4, -0.2) is 26.3 Å². The molecule has 0 atom stereocenters. The van der Waals surface area contributed by atoms with Crippen LogP contribution in [0.25, 0.3) is 0 Å². The molecule has 0 radical (unpaired) electrons. The largest absolute Gasteiger partial charge is 0.381 e. The molecule has 0 spiro atoms. The van der Waals surface area contributed by atoms with Gasteiger partial charge in [0.25, 0.3) is 0 Å². The second-order valence-corrected chi connectivity index (χ2v) is 5.74. The lowest BCUT2D eigenvalue weighted by molar-refractivity contribution is 0.122. The number of ether oxygens (including phenoxy) is 1. The summed E-state index contributed by atoms with van der Waals surface area (Å²) in [6.45, 7) is 6.55. The van der Waals surface area contributed by atoms with E-state index in [1.165, 1.54) is 70.8 Å². The van der Waals surface area contributed by atoms with Gasteiger partial charge in [-0.1, -0.05) is 45.4 Å². The smallest absolute Gasteiger partial charge is 0.0494 e. The Morgan fingerprint density at radius 3 is 2.28 bits per heavy atom. The maximum absolute atomic E-state index is 5.60. The maximum atomic E-state index is 5.60. The van der Waals surface area contributed by atoms with Crippen molar-refractivity contribution < 1.29 is 4.74 Å². The van der Waals surface area contributed by atoms with Gasteiger partial charge < -0.3 is 10.1 Å². The zero-order valence-corrected chi connectivity index (χ0v) is 12.4. The minimum Gasteiger partial charge on any atom is -0.381 e. The molecule has 108 valence electrons. The van der Waals surface area contributed by atoms with E-state index in [2.05, 4.69) is 12.2 Å². The van der Waals surface area contributed by atoms with Crippen LogP contribution in [0, 0.1) is 5.92 Å². The Labute approximate surface area is 114 Å². The van der Waals surface area contributed by atoms with Gasteiger partial charge in [0.05, 0.1) is 0 Å². The lowest BCUT2D eigenvalue weighted by atomic mass is 10.1. The summed E-state index contributed by atoms with van der Waals surface area (Å²) in [5.41, 5.74) is 0. The first kappa shape index (κ1) is 16.0. The van der Waals surface area contributed by atoms with Crippen LogP contribution in [0.2, 0.25) is 0 Å². The van der Waals surface area contributed by atoms with Crippen molar-refractivity contribution in [3.05, 3.63) is 0 Å². The summed E-state index contributed by atoms with van der Waals surface area (Å²) in [7, 11) is 0. The average Bonchev–Trinajstić information content (AvgIpc) is 3.19. The first-order valence-corrected chi connectivity index (χ1v) is 8.22. The van der Waals surface area contributed by atoms with Crippen LogP contribution in [0.5, 0.6) is 0 Å².